The summed E-state index contributed by atoms with van der Waals surface area (Å²) in [5.41, 5.74) is 5.96. The van der Waals surface area contributed by atoms with Crippen LogP contribution in [-0.4, -0.2) is 9.55 Å². The summed E-state index contributed by atoms with van der Waals surface area (Å²) in [6.07, 6.45) is 0. The minimum absolute atomic E-state index is 1.09. The fraction of sp³-hybridized carbons (Fsp3) is 0. The van der Waals surface area contributed by atoms with Crippen molar-refractivity contribution >= 4 is 59.5 Å². The van der Waals surface area contributed by atoms with E-state index in [1.165, 1.54) is 38.3 Å². The number of hydrogen-bond donors (Lipinski definition) is 1. The highest BCUT2D eigenvalue weighted by Gasteiger charge is 2.14. The molecule has 4 aromatic carbocycles. The van der Waals surface area contributed by atoms with Crippen molar-refractivity contribution in [3.05, 3.63) is 89.4 Å². The summed E-state index contributed by atoms with van der Waals surface area (Å²) < 4.78 is 3.44. The molecule has 3 heteroatoms. The van der Waals surface area contributed by atoms with Gasteiger partial charge in [0.2, 0.25) is 0 Å². The Morgan fingerprint density at radius 2 is 1.37 bits per heavy atom. The predicted molar refractivity (Wildman–Crippen MR) is 118 cm³/mol. The Labute approximate surface area is 164 Å². The standard InChI is InChI=1S/C24H15BrN2/c25-15-10-11-17-19-13-20-18-8-4-5-9-23(18)27(16-6-2-1-3-7-16)24(20)14-22(19)26-21(17)12-15/h1-14,26H. The third kappa shape index (κ3) is 2.12. The largest absolute Gasteiger partial charge is 0.354 e. The van der Waals surface area contributed by atoms with Gasteiger partial charge in [0.15, 0.2) is 0 Å². The zero-order valence-corrected chi connectivity index (χ0v) is 16.0. The van der Waals surface area contributed by atoms with Crippen LogP contribution in [0.1, 0.15) is 0 Å². The molecule has 0 bridgehead atoms. The van der Waals surface area contributed by atoms with Crippen molar-refractivity contribution < 1.29 is 0 Å². The smallest absolute Gasteiger partial charge is 0.0562 e. The minimum atomic E-state index is 1.09. The lowest BCUT2D eigenvalue weighted by Gasteiger charge is -2.07. The fourth-order valence-electron chi connectivity index (χ4n) is 4.20. The number of benzene rings is 4. The van der Waals surface area contributed by atoms with Crippen LogP contribution in [0.3, 0.4) is 0 Å². The van der Waals surface area contributed by atoms with Gasteiger partial charge in [-0.1, -0.05) is 58.4 Å². The molecule has 0 aliphatic carbocycles. The summed E-state index contributed by atoms with van der Waals surface area (Å²) in [6.45, 7) is 0. The molecular weight excluding hydrogens is 396 g/mol. The molecular formula is C24H15BrN2. The Bertz CT molecular complexity index is 1470. The topological polar surface area (TPSA) is 20.7 Å². The Kier molecular flexibility index (Phi) is 3.06. The van der Waals surface area contributed by atoms with Crippen LogP contribution in [0.4, 0.5) is 0 Å². The highest BCUT2D eigenvalue weighted by Crippen LogP contribution is 2.37. The summed E-state index contributed by atoms with van der Waals surface area (Å²) in [7, 11) is 0. The van der Waals surface area contributed by atoms with E-state index < -0.39 is 0 Å². The van der Waals surface area contributed by atoms with Gasteiger partial charge in [-0.2, -0.15) is 0 Å². The molecule has 2 nitrogen and oxygen atoms in total. The van der Waals surface area contributed by atoms with Gasteiger partial charge in [-0.15, -0.1) is 0 Å². The van der Waals surface area contributed by atoms with Crippen molar-refractivity contribution in [2.45, 2.75) is 0 Å². The molecule has 6 rings (SSSR count). The Balaban J connectivity index is 1.82. The minimum Gasteiger partial charge on any atom is -0.354 e. The van der Waals surface area contributed by atoms with Crippen molar-refractivity contribution in [2.24, 2.45) is 0 Å². The number of halogens is 1. The maximum Gasteiger partial charge on any atom is 0.0562 e. The van der Waals surface area contributed by atoms with E-state index in [0.29, 0.717) is 0 Å². The molecule has 0 unspecified atom stereocenters. The fourth-order valence-corrected chi connectivity index (χ4v) is 4.56. The van der Waals surface area contributed by atoms with Crippen LogP contribution in [0.5, 0.6) is 0 Å². The first-order valence-electron chi connectivity index (χ1n) is 8.99. The maximum absolute atomic E-state index is 3.59. The van der Waals surface area contributed by atoms with Gasteiger partial charge in [-0.05, 0) is 42.5 Å². The number of aromatic nitrogens is 2. The van der Waals surface area contributed by atoms with Crippen molar-refractivity contribution in [3.63, 3.8) is 0 Å². The second-order valence-corrected chi connectivity index (χ2v) is 7.83. The molecule has 2 aromatic heterocycles. The molecule has 0 saturated carbocycles. The van der Waals surface area contributed by atoms with Crippen LogP contribution >= 0.6 is 15.9 Å². The zero-order valence-electron chi connectivity index (χ0n) is 14.4. The molecule has 0 radical (unpaired) electrons. The van der Waals surface area contributed by atoms with E-state index in [-0.39, 0.29) is 0 Å². The molecule has 27 heavy (non-hydrogen) atoms. The number of H-pyrrole nitrogens is 1. The molecule has 1 N–H and O–H groups in total. The second kappa shape index (κ2) is 5.48. The van der Waals surface area contributed by atoms with E-state index in [1.807, 2.05) is 0 Å². The first kappa shape index (κ1) is 15.1. The van der Waals surface area contributed by atoms with Gasteiger partial charge in [-0.3, -0.25) is 0 Å². The first-order valence-corrected chi connectivity index (χ1v) is 9.78. The summed E-state index contributed by atoms with van der Waals surface area (Å²) in [6, 6.07) is 30.3. The average molecular weight is 411 g/mol. The Morgan fingerprint density at radius 3 is 2.26 bits per heavy atom. The quantitative estimate of drug-likeness (QED) is 0.296. The lowest BCUT2D eigenvalue weighted by molar-refractivity contribution is 1.18. The van der Waals surface area contributed by atoms with Gasteiger partial charge in [0.05, 0.1) is 11.0 Å². The predicted octanol–water partition coefficient (Wildman–Crippen LogP) is 7.18. The maximum atomic E-state index is 3.59. The first-order chi connectivity index (χ1) is 13.3. The molecule has 0 amide bonds. The SMILES string of the molecule is Brc1ccc2c(c1)[nH]c1cc3c(cc12)c1ccccc1n3-c1ccccc1. The summed E-state index contributed by atoms with van der Waals surface area (Å²) in [5.74, 6) is 0. The van der Waals surface area contributed by atoms with Gasteiger partial charge < -0.3 is 9.55 Å². The summed E-state index contributed by atoms with van der Waals surface area (Å²) >= 11 is 3.58. The number of hydrogen-bond acceptors (Lipinski definition) is 0. The highest BCUT2D eigenvalue weighted by molar-refractivity contribution is 9.10. The van der Waals surface area contributed by atoms with E-state index in [0.717, 1.165) is 15.5 Å². The van der Waals surface area contributed by atoms with Crippen molar-refractivity contribution in [1.29, 1.82) is 0 Å². The summed E-state index contributed by atoms with van der Waals surface area (Å²) in [4.78, 5) is 3.59. The van der Waals surface area contributed by atoms with Crippen LogP contribution in [-0.2, 0) is 0 Å². The third-order valence-corrected chi connectivity index (χ3v) is 5.86. The van der Waals surface area contributed by atoms with Crippen molar-refractivity contribution in [2.75, 3.05) is 0 Å². The number of rotatable bonds is 1. The second-order valence-electron chi connectivity index (χ2n) is 6.92. The molecule has 2 heterocycles. The van der Waals surface area contributed by atoms with Crippen LogP contribution in [0.15, 0.2) is 89.4 Å². The highest BCUT2D eigenvalue weighted by atomic mass is 79.9. The normalized spacial score (nSPS) is 11.9. The van der Waals surface area contributed by atoms with Crippen LogP contribution in [0.25, 0.3) is 49.3 Å². The van der Waals surface area contributed by atoms with Gasteiger partial charge >= 0.3 is 0 Å². The van der Waals surface area contributed by atoms with Gasteiger partial charge in [0.1, 0.15) is 0 Å². The third-order valence-electron chi connectivity index (χ3n) is 5.37. The Morgan fingerprint density at radius 1 is 0.593 bits per heavy atom. The average Bonchev–Trinajstić information content (AvgIpc) is 3.21. The number of nitrogens with one attached hydrogen (secondary N) is 1. The molecule has 128 valence electrons. The van der Waals surface area contributed by atoms with Crippen molar-refractivity contribution in [3.8, 4) is 5.69 Å². The molecule has 0 saturated heterocycles. The summed E-state index contributed by atoms with van der Waals surface area (Å²) in [5, 5.41) is 5.09. The van der Waals surface area contributed by atoms with Crippen LogP contribution < -0.4 is 0 Å². The number of nitrogens with zero attached hydrogens (tertiary/aromatic N) is 1. The van der Waals surface area contributed by atoms with Gasteiger partial charge in [0.25, 0.3) is 0 Å². The number of fused-ring (bicyclic) bond motifs is 6. The van der Waals surface area contributed by atoms with E-state index in [4.69, 9.17) is 0 Å². The molecule has 6 aromatic rings. The van der Waals surface area contributed by atoms with Crippen LogP contribution in [0.2, 0.25) is 0 Å². The van der Waals surface area contributed by atoms with Crippen molar-refractivity contribution in [1.82, 2.24) is 9.55 Å². The monoisotopic (exact) mass is 410 g/mol. The lowest BCUT2D eigenvalue weighted by Crippen LogP contribution is -1.92. The molecule has 0 aliphatic rings. The number of para-hydroxylation sites is 2. The van der Waals surface area contributed by atoms with Crippen LogP contribution in [0, 0.1) is 0 Å². The van der Waals surface area contributed by atoms with E-state index in [2.05, 4.69) is 110 Å². The lowest BCUT2D eigenvalue weighted by atomic mass is 10.1. The zero-order chi connectivity index (χ0) is 18.0. The van der Waals surface area contributed by atoms with Gasteiger partial charge in [0, 0.05) is 42.7 Å². The van der Waals surface area contributed by atoms with E-state index in [1.54, 1.807) is 0 Å². The molecule has 0 fully saturated rings. The Hall–Kier alpha value is -3.04. The van der Waals surface area contributed by atoms with Gasteiger partial charge in [-0.25, -0.2) is 0 Å². The van der Waals surface area contributed by atoms with E-state index in [9.17, 15) is 0 Å². The molecule has 0 atom stereocenters. The number of aromatic amines is 1. The molecule has 0 spiro atoms. The van der Waals surface area contributed by atoms with E-state index >= 15 is 0 Å². The molecule has 0 aliphatic heterocycles.